The number of ether oxygens (including phenoxy) is 1. The lowest BCUT2D eigenvalue weighted by atomic mass is 10.1. The number of hydrogen-bond donors (Lipinski definition) is 2. The Morgan fingerprint density at radius 1 is 1.27 bits per heavy atom. The van der Waals surface area contributed by atoms with E-state index in [4.69, 9.17) is 10.5 Å². The average molecular weight is 317 g/mol. The van der Waals surface area contributed by atoms with Crippen molar-refractivity contribution in [1.29, 1.82) is 0 Å². The molecule has 6 heteroatoms. The molecule has 22 heavy (non-hydrogen) atoms. The number of methoxy groups -OCH3 is 1. The quantitative estimate of drug-likeness (QED) is 0.775. The number of carbonyl (C=O) groups is 1. The number of amides is 1. The van der Waals surface area contributed by atoms with E-state index in [1.807, 2.05) is 30.3 Å². The van der Waals surface area contributed by atoms with Gasteiger partial charge in [-0.25, -0.2) is 0 Å². The van der Waals surface area contributed by atoms with Gasteiger partial charge in [-0.15, -0.1) is 0 Å². The molecule has 0 bridgehead atoms. The van der Waals surface area contributed by atoms with Gasteiger partial charge in [0, 0.05) is 31.9 Å². The van der Waals surface area contributed by atoms with E-state index in [1.165, 1.54) is 18.4 Å². The molecular weight excluding hydrogens is 298 g/mol. The van der Waals surface area contributed by atoms with Crippen molar-refractivity contribution < 1.29 is 11.0 Å². The number of aromatic amines is 1. The van der Waals surface area contributed by atoms with Crippen LogP contribution in [0.2, 0.25) is 0 Å². The first-order valence-electron chi connectivity index (χ1n) is 6.61. The van der Waals surface area contributed by atoms with Crippen LogP contribution in [-0.2, 0) is 9.53 Å². The van der Waals surface area contributed by atoms with Crippen molar-refractivity contribution in [3.05, 3.63) is 65.8 Å². The lowest BCUT2D eigenvalue weighted by molar-refractivity contribution is -0.128. The molecule has 0 aliphatic heterocycles. The van der Waals surface area contributed by atoms with Gasteiger partial charge in [-0.05, 0) is 17.7 Å². The summed E-state index contributed by atoms with van der Waals surface area (Å²) < 4.78 is 8.04. The topological polar surface area (TPSA) is 81.0 Å². The fraction of sp³-hybridized carbons (Fsp3) is 0.125. The van der Waals surface area contributed by atoms with Crippen molar-refractivity contribution in [2.75, 3.05) is 7.11 Å². The second kappa shape index (κ2) is 8.11. The molecule has 2 heterocycles. The van der Waals surface area contributed by atoms with E-state index in [-0.39, 0.29) is 1.43 Å². The molecule has 5 nitrogen and oxygen atoms in total. The van der Waals surface area contributed by atoms with Crippen LogP contribution < -0.4 is 5.73 Å². The number of carbonyl (C=O) groups excluding carboxylic acids is 1. The van der Waals surface area contributed by atoms with Crippen LogP contribution in [0.4, 0.5) is 0 Å². The van der Waals surface area contributed by atoms with Gasteiger partial charge >= 0.3 is 0 Å². The highest BCUT2D eigenvalue weighted by atomic mass is 32.1. The van der Waals surface area contributed by atoms with E-state index in [1.54, 1.807) is 36.1 Å². The fourth-order valence-electron chi connectivity index (χ4n) is 1.82. The Hall–Kier alpha value is -2.44. The number of nitrogens with two attached hydrogens (primary N) is 1. The van der Waals surface area contributed by atoms with Gasteiger partial charge in [-0.2, -0.15) is 0 Å². The Bertz CT molecular complexity index is 676. The molecule has 0 fully saturated rings. The van der Waals surface area contributed by atoms with Crippen molar-refractivity contribution in [2.45, 2.75) is 6.10 Å². The molecule has 1 aromatic carbocycles. The standard InChI is InChI=1S/C9H11NO2.C7H6N2S.H2/c1-12-8(9(10)11)7-5-3-2-4-6-7;1-3-8-4-2-6(1)7-5-10-9-7;/h2-6,8H,1H3,(H2,10,11);1-5,9H;1H/t8-;;/m1../s1. The minimum absolute atomic E-state index is 0. The van der Waals surface area contributed by atoms with Crippen LogP contribution in [0.3, 0.4) is 0 Å². The van der Waals surface area contributed by atoms with E-state index in [0.29, 0.717) is 0 Å². The molecule has 0 spiro atoms. The predicted molar refractivity (Wildman–Crippen MR) is 89.4 cm³/mol. The Morgan fingerprint density at radius 2 is 1.91 bits per heavy atom. The van der Waals surface area contributed by atoms with Crippen LogP contribution in [0.25, 0.3) is 11.3 Å². The van der Waals surface area contributed by atoms with Gasteiger partial charge in [0.1, 0.15) is 0 Å². The molecule has 0 radical (unpaired) electrons. The van der Waals surface area contributed by atoms with Crippen LogP contribution in [0.5, 0.6) is 0 Å². The number of pyridine rings is 1. The molecule has 0 aliphatic rings. The Kier molecular flexibility index (Phi) is 5.88. The summed E-state index contributed by atoms with van der Waals surface area (Å²) in [5, 5.41) is 2.08. The first-order chi connectivity index (χ1) is 10.7. The summed E-state index contributed by atoms with van der Waals surface area (Å²) in [5.41, 5.74) is 8.29. The van der Waals surface area contributed by atoms with Crippen molar-refractivity contribution >= 4 is 17.4 Å². The number of nitrogens with zero attached hydrogens (tertiary/aromatic N) is 1. The van der Waals surface area contributed by atoms with Gasteiger partial charge < -0.3 is 14.8 Å². The molecule has 1 atom stereocenters. The van der Waals surface area contributed by atoms with Gasteiger partial charge in [0.05, 0.1) is 5.69 Å². The highest BCUT2D eigenvalue weighted by molar-refractivity contribution is 7.05. The predicted octanol–water partition coefficient (Wildman–Crippen LogP) is 3.24. The molecule has 1 amide bonds. The van der Waals surface area contributed by atoms with Gasteiger partial charge in [0.15, 0.2) is 6.10 Å². The number of primary amides is 1. The summed E-state index contributed by atoms with van der Waals surface area (Å²) in [5.74, 6) is -0.469. The highest BCUT2D eigenvalue weighted by Gasteiger charge is 2.15. The second-order valence-electron chi connectivity index (χ2n) is 4.42. The fourth-order valence-corrected chi connectivity index (χ4v) is 2.31. The van der Waals surface area contributed by atoms with E-state index in [9.17, 15) is 4.79 Å². The Labute approximate surface area is 134 Å². The number of aromatic nitrogens is 2. The number of H-pyrrole nitrogens is 1. The summed E-state index contributed by atoms with van der Waals surface area (Å²) in [4.78, 5) is 14.8. The molecule has 116 valence electrons. The average Bonchev–Trinajstić information content (AvgIpc) is 2.49. The zero-order valence-electron chi connectivity index (χ0n) is 12.1. The monoisotopic (exact) mass is 317 g/mol. The molecule has 0 saturated heterocycles. The summed E-state index contributed by atoms with van der Waals surface area (Å²) in [7, 11) is 1.46. The summed E-state index contributed by atoms with van der Waals surface area (Å²) in [6, 6.07) is 13.1. The normalized spacial score (nSPS) is 11.3. The van der Waals surface area contributed by atoms with E-state index in [0.717, 1.165) is 5.56 Å². The maximum Gasteiger partial charge on any atom is 0.251 e. The van der Waals surface area contributed by atoms with Crippen LogP contribution >= 0.6 is 11.5 Å². The first kappa shape index (κ1) is 15.9. The minimum atomic E-state index is -0.633. The zero-order chi connectivity index (χ0) is 15.8. The van der Waals surface area contributed by atoms with Gasteiger partial charge in [0.2, 0.25) is 0 Å². The van der Waals surface area contributed by atoms with Gasteiger partial charge in [0.25, 0.3) is 5.91 Å². The maximum absolute atomic E-state index is 10.8. The third-order valence-corrected chi connectivity index (χ3v) is 3.62. The number of benzene rings is 1. The van der Waals surface area contributed by atoms with Crippen molar-refractivity contribution in [3.8, 4) is 11.3 Å². The lowest BCUT2D eigenvalue weighted by Crippen LogP contribution is -2.22. The third kappa shape index (κ3) is 4.28. The first-order valence-corrected chi connectivity index (χ1v) is 7.49. The smallest absolute Gasteiger partial charge is 0.251 e. The molecule has 3 rings (SSSR count). The SMILES string of the molecule is CO[C@@H](C(N)=O)c1ccccc1.[HH].c1cc(-c2cs[nH]2)ccn1. The number of rotatable bonds is 4. The second-order valence-corrected chi connectivity index (χ2v) is 5.09. The minimum Gasteiger partial charge on any atom is -0.367 e. The molecule has 2 aromatic heterocycles. The maximum atomic E-state index is 10.8. The molecular formula is C16H19N3O2S. The van der Waals surface area contributed by atoms with Gasteiger partial charge in [-0.3, -0.25) is 9.78 Å². The molecule has 0 unspecified atom stereocenters. The lowest BCUT2D eigenvalue weighted by Gasteiger charge is -2.10. The Balaban J connectivity index is 0.000000223. The summed E-state index contributed by atoms with van der Waals surface area (Å²) >= 11 is 1.61. The third-order valence-electron chi connectivity index (χ3n) is 2.93. The Morgan fingerprint density at radius 3 is 2.36 bits per heavy atom. The number of nitrogens with one attached hydrogen (secondary N) is 1. The largest absolute Gasteiger partial charge is 0.367 e. The molecule has 3 N–H and O–H groups in total. The van der Waals surface area contributed by atoms with Crippen molar-refractivity contribution in [3.63, 3.8) is 0 Å². The molecule has 0 saturated carbocycles. The number of hydrogen-bond acceptors (Lipinski definition) is 4. The van der Waals surface area contributed by atoms with Crippen molar-refractivity contribution in [1.82, 2.24) is 9.36 Å². The van der Waals surface area contributed by atoms with Crippen LogP contribution in [-0.4, -0.2) is 22.4 Å². The summed E-state index contributed by atoms with van der Waals surface area (Å²) in [6.45, 7) is 0. The van der Waals surface area contributed by atoms with Gasteiger partial charge in [-0.1, -0.05) is 41.9 Å². The molecule has 3 aromatic rings. The van der Waals surface area contributed by atoms with Crippen LogP contribution in [0.15, 0.2) is 60.2 Å². The van der Waals surface area contributed by atoms with E-state index in [2.05, 4.69) is 14.7 Å². The van der Waals surface area contributed by atoms with Crippen molar-refractivity contribution in [2.24, 2.45) is 5.73 Å². The van der Waals surface area contributed by atoms with E-state index >= 15 is 0 Å². The summed E-state index contributed by atoms with van der Waals surface area (Å²) in [6.07, 6.45) is 2.95. The van der Waals surface area contributed by atoms with Crippen LogP contribution in [0.1, 0.15) is 13.1 Å². The van der Waals surface area contributed by atoms with E-state index < -0.39 is 12.0 Å². The zero-order valence-corrected chi connectivity index (χ0v) is 12.9. The van der Waals surface area contributed by atoms with Crippen LogP contribution in [0, 0.1) is 0 Å². The molecule has 0 aliphatic carbocycles. The highest BCUT2D eigenvalue weighted by Crippen LogP contribution is 2.19.